The monoisotopic (exact) mass is 628 g/mol. The second kappa shape index (κ2) is 35.7. The highest BCUT2D eigenvalue weighted by Gasteiger charge is 2.17. The fourth-order valence-corrected chi connectivity index (χ4v) is 6.25. The van der Waals surface area contributed by atoms with Crippen LogP contribution in [0.5, 0.6) is 0 Å². The molecule has 0 radical (unpaired) electrons. The normalized spacial score (nSPS) is 12.0. The molecule has 1 atom stereocenters. The van der Waals surface area contributed by atoms with E-state index in [4.69, 9.17) is 15.2 Å². The highest BCUT2D eigenvalue weighted by Crippen LogP contribution is 2.15. The number of esters is 2. The Morgan fingerprint density at radius 3 is 1.26 bits per heavy atom. The van der Waals surface area contributed by atoms with Gasteiger partial charge in [-0.3, -0.25) is 9.59 Å². The average Bonchev–Trinajstić information content (AvgIpc) is 3.00. The van der Waals surface area contributed by atoms with Gasteiger partial charge in [0.2, 0.25) is 0 Å². The van der Waals surface area contributed by atoms with Crippen molar-refractivity contribution >= 4 is 23.7 Å². The Bertz CT molecular complexity index is 589. The predicted octanol–water partition coefficient (Wildman–Crippen LogP) is 11.1. The number of rotatable bonds is 35. The van der Waals surface area contributed by atoms with Crippen molar-refractivity contribution in [3.63, 3.8) is 0 Å². The van der Waals surface area contributed by atoms with Gasteiger partial charge in [-0.05, 0) is 12.8 Å². The third-order valence-corrected chi connectivity index (χ3v) is 9.40. The van der Waals surface area contributed by atoms with E-state index in [1.54, 1.807) is 11.8 Å². The third-order valence-electron chi connectivity index (χ3n) is 8.26. The lowest BCUT2D eigenvalue weighted by Gasteiger charge is -2.18. The van der Waals surface area contributed by atoms with Gasteiger partial charge in [0.15, 0.2) is 0 Å². The molecule has 0 heterocycles. The van der Waals surface area contributed by atoms with E-state index in [2.05, 4.69) is 13.8 Å². The van der Waals surface area contributed by atoms with Crippen LogP contribution in [0.4, 0.5) is 0 Å². The van der Waals surface area contributed by atoms with E-state index < -0.39 is 0 Å². The van der Waals surface area contributed by atoms with Crippen LogP contribution in [0.15, 0.2) is 0 Å². The molecule has 0 aliphatic rings. The molecule has 6 heteroatoms. The highest BCUT2D eigenvalue weighted by atomic mass is 32.2. The van der Waals surface area contributed by atoms with Crippen LogP contribution in [0.3, 0.4) is 0 Å². The zero-order valence-electron chi connectivity index (χ0n) is 28.8. The molecule has 0 aliphatic carbocycles. The van der Waals surface area contributed by atoms with E-state index in [0.29, 0.717) is 25.1 Å². The lowest BCUT2D eigenvalue weighted by Crippen LogP contribution is -2.28. The van der Waals surface area contributed by atoms with Crippen molar-refractivity contribution in [1.29, 1.82) is 0 Å². The molecule has 2 N–H and O–H groups in total. The van der Waals surface area contributed by atoms with Crippen LogP contribution in [0.25, 0.3) is 0 Å². The van der Waals surface area contributed by atoms with E-state index in [9.17, 15) is 9.59 Å². The zero-order valence-corrected chi connectivity index (χ0v) is 29.6. The van der Waals surface area contributed by atoms with Gasteiger partial charge in [-0.25, -0.2) is 0 Å². The SMILES string of the molecule is CCCCCCCCCCCCCCCC(=O)OC[C@H](CSCCN)OC(=O)CCCCCCCCCCCCCCC. The van der Waals surface area contributed by atoms with Gasteiger partial charge in [-0.15, -0.1) is 0 Å². The van der Waals surface area contributed by atoms with Crippen molar-refractivity contribution in [1.82, 2.24) is 0 Å². The topological polar surface area (TPSA) is 78.6 Å². The van der Waals surface area contributed by atoms with Crippen LogP contribution in [-0.4, -0.2) is 42.7 Å². The number of thioether (sulfide) groups is 1. The molecule has 5 nitrogen and oxygen atoms in total. The van der Waals surface area contributed by atoms with Crippen LogP contribution in [0.1, 0.15) is 194 Å². The molecule has 0 saturated carbocycles. The Morgan fingerprint density at radius 1 is 0.535 bits per heavy atom. The number of ether oxygens (including phenoxy) is 2. The van der Waals surface area contributed by atoms with Gasteiger partial charge >= 0.3 is 11.9 Å². The number of carbonyl (C=O) groups excluding carboxylic acids is 2. The minimum absolute atomic E-state index is 0.152. The minimum Gasteiger partial charge on any atom is -0.462 e. The zero-order chi connectivity index (χ0) is 31.5. The molecular weight excluding hydrogens is 554 g/mol. The summed E-state index contributed by atoms with van der Waals surface area (Å²) in [4.78, 5) is 24.7. The van der Waals surface area contributed by atoms with Crippen LogP contribution >= 0.6 is 11.8 Å². The summed E-state index contributed by atoms with van der Waals surface area (Å²) in [5.74, 6) is 1.08. The summed E-state index contributed by atoms with van der Waals surface area (Å²) >= 11 is 1.65. The number of hydrogen-bond donors (Lipinski definition) is 1. The lowest BCUT2D eigenvalue weighted by molar-refractivity contribution is -0.157. The molecule has 256 valence electrons. The van der Waals surface area contributed by atoms with Gasteiger partial charge in [0.05, 0.1) is 0 Å². The van der Waals surface area contributed by atoms with Gasteiger partial charge < -0.3 is 15.2 Å². The first kappa shape index (κ1) is 42.2. The lowest BCUT2D eigenvalue weighted by atomic mass is 10.0. The van der Waals surface area contributed by atoms with E-state index in [1.807, 2.05) is 0 Å². The molecule has 0 bridgehead atoms. The van der Waals surface area contributed by atoms with E-state index >= 15 is 0 Å². The van der Waals surface area contributed by atoms with Gasteiger partial charge in [0.1, 0.15) is 12.7 Å². The first-order valence-corrected chi connectivity index (χ1v) is 19.9. The van der Waals surface area contributed by atoms with Gasteiger partial charge in [0.25, 0.3) is 0 Å². The summed E-state index contributed by atoms with van der Waals surface area (Å²) in [6.45, 7) is 5.28. The molecule has 0 rings (SSSR count). The summed E-state index contributed by atoms with van der Waals surface area (Å²) < 4.78 is 11.2. The van der Waals surface area contributed by atoms with Gasteiger partial charge in [0, 0.05) is 30.9 Å². The molecule has 0 amide bonds. The second-order valence-corrected chi connectivity index (χ2v) is 13.8. The van der Waals surface area contributed by atoms with Crippen molar-refractivity contribution in [3.05, 3.63) is 0 Å². The number of carbonyl (C=O) groups is 2. The van der Waals surface area contributed by atoms with Crippen LogP contribution in [0, 0.1) is 0 Å². The fraction of sp³-hybridized carbons (Fsp3) is 0.946. The number of hydrogen-bond acceptors (Lipinski definition) is 6. The van der Waals surface area contributed by atoms with E-state index in [0.717, 1.165) is 31.4 Å². The van der Waals surface area contributed by atoms with Crippen molar-refractivity contribution in [3.8, 4) is 0 Å². The van der Waals surface area contributed by atoms with Crippen molar-refractivity contribution < 1.29 is 19.1 Å². The van der Waals surface area contributed by atoms with Gasteiger partial charge in [-0.1, -0.05) is 168 Å². The van der Waals surface area contributed by atoms with Crippen LogP contribution in [0.2, 0.25) is 0 Å². The summed E-state index contributed by atoms with van der Waals surface area (Å²) in [6, 6.07) is 0. The minimum atomic E-state index is -0.387. The summed E-state index contributed by atoms with van der Waals surface area (Å²) in [5.41, 5.74) is 5.63. The molecule has 0 aromatic carbocycles. The maximum Gasteiger partial charge on any atom is 0.306 e. The van der Waals surface area contributed by atoms with Gasteiger partial charge in [-0.2, -0.15) is 11.8 Å². The molecule has 0 aliphatic heterocycles. The first-order chi connectivity index (χ1) is 21.1. The molecule has 0 spiro atoms. The largest absolute Gasteiger partial charge is 0.462 e. The summed E-state index contributed by atoms with van der Waals surface area (Å²) in [6.07, 6.45) is 33.9. The quantitative estimate of drug-likeness (QED) is 0.0556. The Labute approximate surface area is 272 Å². The molecular formula is C37H73NO4S. The molecule has 0 saturated heterocycles. The third kappa shape index (κ3) is 34.0. The maximum atomic E-state index is 12.4. The van der Waals surface area contributed by atoms with Crippen LogP contribution in [-0.2, 0) is 19.1 Å². The Morgan fingerprint density at radius 2 is 0.884 bits per heavy atom. The van der Waals surface area contributed by atoms with E-state index in [-0.39, 0.29) is 24.6 Å². The first-order valence-electron chi connectivity index (χ1n) is 18.8. The number of unbranched alkanes of at least 4 members (excludes halogenated alkanes) is 24. The Hall–Kier alpha value is -0.750. The molecule has 43 heavy (non-hydrogen) atoms. The highest BCUT2D eigenvalue weighted by molar-refractivity contribution is 7.99. The molecule has 0 unspecified atom stereocenters. The van der Waals surface area contributed by atoms with E-state index in [1.165, 1.54) is 141 Å². The molecule has 0 aromatic heterocycles. The van der Waals surface area contributed by atoms with Crippen molar-refractivity contribution in [2.24, 2.45) is 5.73 Å². The van der Waals surface area contributed by atoms with Crippen LogP contribution < -0.4 is 5.73 Å². The summed E-state index contributed by atoms with van der Waals surface area (Å²) in [5, 5.41) is 0. The smallest absolute Gasteiger partial charge is 0.306 e. The second-order valence-electron chi connectivity index (χ2n) is 12.6. The maximum absolute atomic E-state index is 12.4. The average molecular weight is 628 g/mol. The fourth-order valence-electron chi connectivity index (χ4n) is 5.49. The summed E-state index contributed by atoms with van der Waals surface area (Å²) in [7, 11) is 0. The number of nitrogens with two attached hydrogens (primary N) is 1. The molecule has 0 fully saturated rings. The van der Waals surface area contributed by atoms with Crippen molar-refractivity contribution in [2.75, 3.05) is 24.7 Å². The van der Waals surface area contributed by atoms with Crippen molar-refractivity contribution in [2.45, 2.75) is 200 Å². The molecule has 0 aromatic rings. The Balaban J connectivity index is 3.81. The standard InChI is InChI=1S/C37H73NO4S/c1-3-5-7-9-11-13-15-17-19-21-23-25-27-29-36(39)41-33-35(34-43-32-31-38)42-37(40)30-28-26-24-22-20-18-16-14-12-10-8-6-4-2/h35H,3-34,38H2,1-2H3/t35-/m1/s1. The predicted molar refractivity (Wildman–Crippen MR) is 188 cm³/mol. The Kier molecular flexibility index (Phi) is 35.1.